The quantitative estimate of drug-likeness (QED) is 0.0614. The van der Waals surface area contributed by atoms with Gasteiger partial charge in [0.05, 0.1) is 19.8 Å². The highest BCUT2D eigenvalue weighted by Crippen LogP contribution is 2.24. The summed E-state index contributed by atoms with van der Waals surface area (Å²) in [5.74, 6) is 3.85. The Balaban J connectivity index is 1.56. The van der Waals surface area contributed by atoms with Crippen LogP contribution in [-0.2, 0) is 14.2 Å². The molecule has 0 bridgehead atoms. The maximum Gasteiger partial charge on any atom is 0.864 e. The molecule has 0 aromatic heterocycles. The monoisotopic (exact) mass is 638 g/mol. The molecule has 0 atom stereocenters. The van der Waals surface area contributed by atoms with E-state index in [-0.39, 0.29) is 0 Å². The van der Waals surface area contributed by atoms with Crippen LogP contribution in [0.5, 0.6) is 34.5 Å². The number of hydrogen-bond acceptors (Lipinski definition) is 9. The fraction of sp³-hybridized carbons (Fsp3) is 0.500. The lowest BCUT2D eigenvalue weighted by atomic mass is 10.2. The van der Waals surface area contributed by atoms with Crippen molar-refractivity contribution in [2.45, 2.75) is 59.3 Å². The van der Waals surface area contributed by atoms with Gasteiger partial charge in [-0.15, -0.1) is 0 Å². The van der Waals surface area contributed by atoms with Crippen molar-refractivity contribution in [1.82, 2.24) is 0 Å². The molecule has 3 aromatic rings. The van der Waals surface area contributed by atoms with Gasteiger partial charge in [-0.2, -0.15) is 0 Å². The molecule has 0 aliphatic rings. The maximum atomic E-state index is 6.11. The molecule has 0 heterocycles. The molecular formula is C36H51BO9. The van der Waals surface area contributed by atoms with Gasteiger partial charge in [-0.25, -0.2) is 0 Å². The first-order valence-corrected chi connectivity index (χ1v) is 16.6. The van der Waals surface area contributed by atoms with Gasteiger partial charge < -0.3 is 42.4 Å². The third kappa shape index (κ3) is 16.1. The van der Waals surface area contributed by atoms with E-state index in [0.29, 0.717) is 56.9 Å². The molecule has 0 aliphatic heterocycles. The highest BCUT2D eigenvalue weighted by molar-refractivity contribution is 6.39. The molecule has 0 radical (unpaired) electrons. The first-order valence-electron chi connectivity index (χ1n) is 16.6. The van der Waals surface area contributed by atoms with Gasteiger partial charge >= 0.3 is 7.32 Å². The third-order valence-electron chi connectivity index (χ3n) is 6.58. The zero-order valence-electron chi connectivity index (χ0n) is 27.8. The highest BCUT2D eigenvalue weighted by atomic mass is 16.7. The van der Waals surface area contributed by atoms with Crippen LogP contribution in [0.2, 0.25) is 0 Å². The summed E-state index contributed by atoms with van der Waals surface area (Å²) in [7, 11) is -1.07. The van der Waals surface area contributed by atoms with Gasteiger partial charge in [0, 0.05) is 19.8 Å². The van der Waals surface area contributed by atoms with E-state index in [1.807, 2.05) is 72.8 Å². The SMILES string of the molecule is CCCCOCCOc1ccc(OB(Oc2ccc(OCCOCCCC)cc2)Oc2ccc(OCCOCCCC)cc2)cc1. The van der Waals surface area contributed by atoms with Crippen molar-refractivity contribution in [3.05, 3.63) is 72.8 Å². The summed E-state index contributed by atoms with van der Waals surface area (Å²) in [6, 6.07) is 21.9. The third-order valence-corrected chi connectivity index (χ3v) is 6.58. The van der Waals surface area contributed by atoms with Gasteiger partial charge in [0.15, 0.2) is 0 Å². The lowest BCUT2D eigenvalue weighted by molar-refractivity contribution is 0.0980. The van der Waals surface area contributed by atoms with Crippen molar-refractivity contribution in [3.8, 4) is 34.5 Å². The Morgan fingerprint density at radius 3 is 0.870 bits per heavy atom. The van der Waals surface area contributed by atoms with Crippen LogP contribution in [0.4, 0.5) is 0 Å². The maximum absolute atomic E-state index is 6.11. The Morgan fingerprint density at radius 2 is 0.609 bits per heavy atom. The molecule has 46 heavy (non-hydrogen) atoms. The Bertz CT molecular complexity index is 997. The summed E-state index contributed by atoms with van der Waals surface area (Å²) in [4.78, 5) is 0. The second-order valence-electron chi connectivity index (χ2n) is 10.5. The molecular weight excluding hydrogens is 587 g/mol. The zero-order valence-corrected chi connectivity index (χ0v) is 27.8. The van der Waals surface area contributed by atoms with Crippen molar-refractivity contribution in [3.63, 3.8) is 0 Å². The van der Waals surface area contributed by atoms with Crippen molar-refractivity contribution in [2.24, 2.45) is 0 Å². The van der Waals surface area contributed by atoms with Crippen molar-refractivity contribution in [2.75, 3.05) is 59.5 Å². The molecule has 3 rings (SSSR count). The van der Waals surface area contributed by atoms with Crippen LogP contribution in [0, 0.1) is 0 Å². The summed E-state index contributed by atoms with van der Waals surface area (Å²) in [6.45, 7) is 11.8. The first-order chi connectivity index (χ1) is 22.7. The average Bonchev–Trinajstić information content (AvgIpc) is 3.08. The van der Waals surface area contributed by atoms with E-state index in [1.165, 1.54) is 0 Å². The molecule has 0 saturated heterocycles. The molecule has 252 valence electrons. The van der Waals surface area contributed by atoms with Crippen LogP contribution in [-0.4, -0.2) is 66.8 Å². The molecule has 0 spiro atoms. The Labute approximate surface area is 275 Å². The van der Waals surface area contributed by atoms with Crippen LogP contribution in [0.3, 0.4) is 0 Å². The molecule has 0 aliphatic carbocycles. The summed E-state index contributed by atoms with van der Waals surface area (Å²) in [5, 5.41) is 0. The standard InChI is InChI=1S/C36H51BO9/c1-4-7-22-38-25-28-41-31-10-16-34(17-11-31)44-37(45-35-18-12-32(13-19-35)42-29-26-39-23-8-5-2)46-36-20-14-33(15-21-36)43-30-27-40-24-9-6-3/h10-21H,4-9,22-30H2,1-3H3. The van der Waals surface area contributed by atoms with E-state index in [9.17, 15) is 0 Å². The molecule has 0 saturated carbocycles. The van der Waals surface area contributed by atoms with Gasteiger partial charge in [-0.1, -0.05) is 40.0 Å². The van der Waals surface area contributed by atoms with E-state index in [4.69, 9.17) is 42.4 Å². The summed E-state index contributed by atoms with van der Waals surface area (Å²) >= 11 is 0. The number of hydrogen-bond donors (Lipinski definition) is 0. The van der Waals surface area contributed by atoms with Gasteiger partial charge in [0.2, 0.25) is 0 Å². The lowest BCUT2D eigenvalue weighted by Crippen LogP contribution is -2.36. The minimum absolute atomic E-state index is 0.482. The number of ether oxygens (including phenoxy) is 6. The topological polar surface area (TPSA) is 83.1 Å². The van der Waals surface area contributed by atoms with E-state index >= 15 is 0 Å². The highest BCUT2D eigenvalue weighted by Gasteiger charge is 2.30. The molecule has 0 N–H and O–H groups in total. The second-order valence-corrected chi connectivity index (χ2v) is 10.5. The van der Waals surface area contributed by atoms with E-state index in [0.717, 1.165) is 75.6 Å². The largest absolute Gasteiger partial charge is 0.864 e. The summed E-state index contributed by atoms with van der Waals surface area (Å²) < 4.78 is 52.4. The smallest absolute Gasteiger partial charge is 0.491 e. The number of unbranched alkanes of at least 4 members (excludes halogenated alkanes) is 3. The van der Waals surface area contributed by atoms with Gasteiger partial charge in [-0.05, 0) is 92.1 Å². The van der Waals surface area contributed by atoms with E-state index in [2.05, 4.69) is 20.8 Å². The van der Waals surface area contributed by atoms with Crippen LogP contribution >= 0.6 is 0 Å². The number of rotatable bonds is 27. The van der Waals surface area contributed by atoms with Crippen LogP contribution in [0.25, 0.3) is 0 Å². The predicted octanol–water partition coefficient (Wildman–Crippen LogP) is 7.79. The summed E-state index contributed by atoms with van der Waals surface area (Å²) in [5.41, 5.74) is 0. The number of benzene rings is 3. The Morgan fingerprint density at radius 1 is 0.348 bits per heavy atom. The van der Waals surface area contributed by atoms with Gasteiger partial charge in [-0.3, -0.25) is 0 Å². The Kier molecular flexibility index (Phi) is 19.0. The van der Waals surface area contributed by atoms with Crippen LogP contribution in [0.15, 0.2) is 72.8 Å². The molecule has 0 fully saturated rings. The second kappa shape index (κ2) is 23.7. The summed E-state index contributed by atoms with van der Waals surface area (Å²) in [6.07, 6.45) is 6.49. The fourth-order valence-electron chi connectivity index (χ4n) is 3.95. The van der Waals surface area contributed by atoms with Crippen molar-refractivity contribution < 1.29 is 42.4 Å². The minimum atomic E-state index is -1.07. The zero-order chi connectivity index (χ0) is 32.5. The molecule has 0 amide bonds. The predicted molar refractivity (Wildman–Crippen MR) is 181 cm³/mol. The molecule has 10 heteroatoms. The van der Waals surface area contributed by atoms with Crippen LogP contribution < -0.4 is 28.2 Å². The van der Waals surface area contributed by atoms with E-state index in [1.54, 1.807) is 0 Å². The van der Waals surface area contributed by atoms with Crippen molar-refractivity contribution in [1.29, 1.82) is 0 Å². The van der Waals surface area contributed by atoms with Gasteiger partial charge in [0.25, 0.3) is 0 Å². The normalized spacial score (nSPS) is 10.8. The van der Waals surface area contributed by atoms with Crippen molar-refractivity contribution >= 4 is 7.32 Å². The van der Waals surface area contributed by atoms with Gasteiger partial charge in [0.1, 0.15) is 54.3 Å². The first kappa shape index (κ1) is 36.9. The molecule has 0 unspecified atom stereocenters. The fourth-order valence-corrected chi connectivity index (χ4v) is 3.95. The minimum Gasteiger partial charge on any atom is -0.491 e. The Hall–Kier alpha value is -3.60. The van der Waals surface area contributed by atoms with E-state index < -0.39 is 7.32 Å². The average molecular weight is 639 g/mol. The molecule has 3 aromatic carbocycles. The molecule has 9 nitrogen and oxygen atoms in total. The lowest BCUT2D eigenvalue weighted by Gasteiger charge is -2.17. The van der Waals surface area contributed by atoms with Crippen LogP contribution in [0.1, 0.15) is 59.3 Å².